The molecule has 0 radical (unpaired) electrons. The predicted molar refractivity (Wildman–Crippen MR) is 76.2 cm³/mol. The first-order valence-corrected chi connectivity index (χ1v) is 7.95. The quantitative estimate of drug-likeness (QED) is 0.675. The summed E-state index contributed by atoms with van der Waals surface area (Å²) in [7, 11) is -4.63. The van der Waals surface area contributed by atoms with Crippen LogP contribution in [0.25, 0.3) is 0 Å². The van der Waals surface area contributed by atoms with Crippen LogP contribution in [0.3, 0.4) is 0 Å². The second-order valence-corrected chi connectivity index (χ2v) is 6.84. The molecule has 5 nitrogen and oxygen atoms in total. The van der Waals surface area contributed by atoms with E-state index < -0.39 is 21.9 Å². The van der Waals surface area contributed by atoms with Gasteiger partial charge in [0.15, 0.2) is 0 Å². The van der Waals surface area contributed by atoms with Gasteiger partial charge in [0.1, 0.15) is 0 Å². The van der Waals surface area contributed by atoms with Crippen LogP contribution in [0.2, 0.25) is 10.0 Å². The highest BCUT2D eigenvalue weighted by molar-refractivity contribution is 7.86. The fraction of sp³-hybridized carbons (Fsp3) is 0.364. The van der Waals surface area contributed by atoms with Gasteiger partial charge in [-0.2, -0.15) is 8.42 Å². The number of carbonyl (C=O) groups is 1. The predicted octanol–water partition coefficient (Wildman–Crippen LogP) is 2.23. The van der Waals surface area contributed by atoms with Crippen molar-refractivity contribution in [2.24, 2.45) is 5.92 Å². The summed E-state index contributed by atoms with van der Waals surface area (Å²) in [4.78, 5) is 13.2. The van der Waals surface area contributed by atoms with Crippen LogP contribution >= 0.6 is 23.2 Å². The molecule has 1 amide bonds. The monoisotopic (exact) mass is 340 g/mol. The van der Waals surface area contributed by atoms with Crippen LogP contribution in [0, 0.1) is 5.92 Å². The number of carbonyl (C=O) groups excluding carboxylic acids is 1. The van der Waals surface area contributed by atoms with Crippen molar-refractivity contribution in [2.45, 2.75) is 6.42 Å². The Morgan fingerprint density at radius 2 is 1.90 bits per heavy atom. The maximum absolute atomic E-state index is 12.7. The van der Waals surface area contributed by atoms with Gasteiger partial charge in [-0.05, 0) is 12.1 Å². The Morgan fingerprint density at radius 3 is 2.40 bits per heavy atom. The Hall–Kier alpha value is -1.05. The first-order valence-electron chi connectivity index (χ1n) is 5.64. The molecule has 0 bridgehead atoms. The van der Waals surface area contributed by atoms with E-state index in [2.05, 4.69) is 0 Å². The van der Waals surface area contributed by atoms with Crippen molar-refractivity contribution in [1.29, 1.82) is 0 Å². The van der Waals surface area contributed by atoms with Gasteiger partial charge >= 0.3 is 10.2 Å². The molecule has 2 rings (SSSR count). The average molecular weight is 341 g/mol. The normalized spacial score (nSPS) is 19.6. The lowest BCUT2D eigenvalue weighted by molar-refractivity contribution is -0.117. The SMILES string of the molecule is Nc1cc(Cl)c(N2CC(CS(=O)(=O)F)CC2=O)c(Cl)c1. The molecule has 1 aliphatic heterocycles. The summed E-state index contributed by atoms with van der Waals surface area (Å²) in [6.45, 7) is 0.0470. The molecule has 2 N–H and O–H groups in total. The molecule has 1 aromatic carbocycles. The number of hydrogen-bond acceptors (Lipinski definition) is 4. The van der Waals surface area contributed by atoms with Crippen LogP contribution in [0.1, 0.15) is 6.42 Å². The van der Waals surface area contributed by atoms with Gasteiger partial charge < -0.3 is 10.6 Å². The van der Waals surface area contributed by atoms with Crippen molar-refractivity contribution in [3.63, 3.8) is 0 Å². The van der Waals surface area contributed by atoms with Gasteiger partial charge in [0.25, 0.3) is 0 Å². The summed E-state index contributed by atoms with van der Waals surface area (Å²) in [5, 5.41) is 0.374. The summed E-state index contributed by atoms with van der Waals surface area (Å²) >= 11 is 12.0. The van der Waals surface area contributed by atoms with Crippen molar-refractivity contribution in [3.05, 3.63) is 22.2 Å². The molecule has 0 saturated carbocycles. The summed E-state index contributed by atoms with van der Waals surface area (Å²) < 4.78 is 34.0. The lowest BCUT2D eigenvalue weighted by Gasteiger charge is -2.20. The minimum Gasteiger partial charge on any atom is -0.399 e. The van der Waals surface area contributed by atoms with E-state index in [0.717, 1.165) is 0 Å². The Bertz CT molecular complexity index is 643. The van der Waals surface area contributed by atoms with Crippen LogP contribution in [0.15, 0.2) is 12.1 Å². The van der Waals surface area contributed by atoms with E-state index >= 15 is 0 Å². The molecule has 1 aliphatic rings. The van der Waals surface area contributed by atoms with E-state index in [9.17, 15) is 17.1 Å². The Morgan fingerprint density at radius 1 is 1.35 bits per heavy atom. The molecule has 1 aromatic rings. The van der Waals surface area contributed by atoms with E-state index in [1.165, 1.54) is 17.0 Å². The minimum atomic E-state index is -4.63. The van der Waals surface area contributed by atoms with E-state index in [1.807, 2.05) is 0 Å². The van der Waals surface area contributed by atoms with Gasteiger partial charge in [0, 0.05) is 24.6 Å². The zero-order valence-electron chi connectivity index (χ0n) is 10.1. The van der Waals surface area contributed by atoms with Crippen LogP contribution in [-0.2, 0) is 15.0 Å². The summed E-state index contributed by atoms with van der Waals surface area (Å²) in [5.41, 5.74) is 6.19. The van der Waals surface area contributed by atoms with Gasteiger partial charge in [0.2, 0.25) is 5.91 Å². The molecule has 0 spiro atoms. The third-order valence-corrected chi connectivity index (χ3v) is 4.39. The molecule has 1 fully saturated rings. The Balaban J connectivity index is 2.29. The standard InChI is InChI=1S/C11H11Cl2FN2O3S/c12-8-2-7(15)3-9(13)11(8)16-4-6(1-10(16)17)5-20(14,18)19/h2-3,6H,1,4-5,15H2. The van der Waals surface area contributed by atoms with Gasteiger partial charge in [0.05, 0.1) is 21.5 Å². The molecule has 1 unspecified atom stereocenters. The van der Waals surface area contributed by atoms with Crippen molar-refractivity contribution in [2.75, 3.05) is 22.9 Å². The Labute approximate surface area is 125 Å². The number of anilines is 2. The number of nitrogens with zero attached hydrogens (tertiary/aromatic N) is 1. The molecule has 1 saturated heterocycles. The maximum Gasteiger partial charge on any atom is 0.302 e. The van der Waals surface area contributed by atoms with Crippen molar-refractivity contribution < 1.29 is 17.1 Å². The van der Waals surface area contributed by atoms with Crippen LogP contribution in [0.4, 0.5) is 15.3 Å². The van der Waals surface area contributed by atoms with Gasteiger partial charge in [-0.1, -0.05) is 23.2 Å². The molecule has 110 valence electrons. The summed E-state index contributed by atoms with van der Waals surface area (Å²) in [6, 6.07) is 2.88. The van der Waals surface area contributed by atoms with Crippen LogP contribution in [0.5, 0.6) is 0 Å². The summed E-state index contributed by atoms with van der Waals surface area (Å²) in [5.74, 6) is -1.67. The second kappa shape index (κ2) is 5.38. The maximum atomic E-state index is 12.7. The van der Waals surface area contributed by atoms with E-state index in [1.54, 1.807) is 0 Å². The Kier molecular flexibility index (Phi) is 4.13. The first kappa shape index (κ1) is 15.3. The molecular weight excluding hydrogens is 330 g/mol. The molecular formula is C11H11Cl2FN2O3S. The number of halogens is 3. The van der Waals surface area contributed by atoms with Crippen molar-refractivity contribution in [1.82, 2.24) is 0 Å². The fourth-order valence-corrected chi connectivity index (χ4v) is 3.73. The number of amides is 1. The second-order valence-electron chi connectivity index (χ2n) is 4.61. The third-order valence-electron chi connectivity index (χ3n) is 2.95. The van der Waals surface area contributed by atoms with E-state index in [4.69, 9.17) is 28.9 Å². The van der Waals surface area contributed by atoms with Gasteiger partial charge in [-0.3, -0.25) is 4.79 Å². The largest absolute Gasteiger partial charge is 0.399 e. The minimum absolute atomic E-state index is 0.0470. The average Bonchev–Trinajstić information content (AvgIpc) is 2.55. The number of nitrogens with two attached hydrogens (primary N) is 1. The summed E-state index contributed by atoms with van der Waals surface area (Å²) in [6.07, 6.45) is -0.0693. The lowest BCUT2D eigenvalue weighted by atomic mass is 10.1. The lowest BCUT2D eigenvalue weighted by Crippen LogP contribution is -2.26. The van der Waals surface area contributed by atoms with E-state index in [0.29, 0.717) is 5.69 Å². The van der Waals surface area contributed by atoms with Crippen LogP contribution in [-0.4, -0.2) is 26.6 Å². The third kappa shape index (κ3) is 3.34. The van der Waals surface area contributed by atoms with Gasteiger partial charge in [-0.15, -0.1) is 3.89 Å². The van der Waals surface area contributed by atoms with Crippen LogP contribution < -0.4 is 10.6 Å². The highest BCUT2D eigenvalue weighted by Gasteiger charge is 2.35. The zero-order chi connectivity index (χ0) is 15.1. The molecule has 1 heterocycles. The molecule has 0 aliphatic carbocycles. The van der Waals surface area contributed by atoms with E-state index in [-0.39, 0.29) is 34.6 Å². The highest BCUT2D eigenvalue weighted by Crippen LogP contribution is 2.39. The van der Waals surface area contributed by atoms with Crippen molar-refractivity contribution >= 4 is 50.7 Å². The number of rotatable bonds is 3. The first-order chi connectivity index (χ1) is 9.17. The number of nitrogen functional groups attached to an aromatic ring is 1. The smallest absolute Gasteiger partial charge is 0.302 e. The number of hydrogen-bond donors (Lipinski definition) is 1. The number of benzene rings is 1. The van der Waals surface area contributed by atoms with Gasteiger partial charge in [-0.25, -0.2) is 0 Å². The van der Waals surface area contributed by atoms with Crippen molar-refractivity contribution in [3.8, 4) is 0 Å². The molecule has 9 heteroatoms. The fourth-order valence-electron chi connectivity index (χ4n) is 2.23. The molecule has 0 aromatic heterocycles. The topological polar surface area (TPSA) is 80.5 Å². The molecule has 1 atom stereocenters. The molecule has 20 heavy (non-hydrogen) atoms. The highest BCUT2D eigenvalue weighted by atomic mass is 35.5. The zero-order valence-corrected chi connectivity index (χ0v) is 12.5.